The predicted octanol–water partition coefficient (Wildman–Crippen LogP) is 4.36. The highest BCUT2D eigenvalue weighted by molar-refractivity contribution is 9.11. The van der Waals surface area contributed by atoms with Crippen molar-refractivity contribution in [3.63, 3.8) is 0 Å². The summed E-state index contributed by atoms with van der Waals surface area (Å²) >= 11 is 6.85. The number of pyridine rings is 1. The van der Waals surface area contributed by atoms with Crippen molar-refractivity contribution in [2.75, 3.05) is 5.32 Å². The summed E-state index contributed by atoms with van der Waals surface area (Å²) in [5.41, 5.74) is 1.75. The van der Waals surface area contributed by atoms with Crippen LogP contribution in [0.25, 0.3) is 0 Å². The Morgan fingerprint density at radius 2 is 2.00 bits per heavy atom. The molecule has 2 nitrogen and oxygen atoms in total. The molecular formula is C12H9Br2FN2. The van der Waals surface area contributed by atoms with Gasteiger partial charge in [0.15, 0.2) is 0 Å². The Morgan fingerprint density at radius 3 is 2.76 bits per heavy atom. The second-order valence-corrected chi connectivity index (χ2v) is 5.26. The molecular weight excluding hydrogens is 351 g/mol. The van der Waals surface area contributed by atoms with Gasteiger partial charge in [-0.2, -0.15) is 0 Å². The highest BCUT2D eigenvalue weighted by atomic mass is 79.9. The van der Waals surface area contributed by atoms with Crippen LogP contribution < -0.4 is 5.32 Å². The fraction of sp³-hybridized carbons (Fsp3) is 0.0833. The second-order valence-electron chi connectivity index (χ2n) is 3.49. The van der Waals surface area contributed by atoms with Crippen molar-refractivity contribution in [2.45, 2.75) is 6.54 Å². The molecule has 0 bridgehead atoms. The quantitative estimate of drug-likeness (QED) is 0.880. The molecule has 1 heterocycles. The first-order valence-electron chi connectivity index (χ1n) is 4.93. The normalized spacial score (nSPS) is 10.3. The highest BCUT2D eigenvalue weighted by Crippen LogP contribution is 2.26. The first-order chi connectivity index (χ1) is 8.15. The lowest BCUT2D eigenvalue weighted by atomic mass is 10.2. The smallest absolute Gasteiger partial charge is 0.141 e. The van der Waals surface area contributed by atoms with Crippen LogP contribution >= 0.6 is 31.9 Å². The van der Waals surface area contributed by atoms with Crippen LogP contribution in [0.2, 0.25) is 0 Å². The van der Waals surface area contributed by atoms with Crippen LogP contribution in [-0.4, -0.2) is 4.98 Å². The summed E-state index contributed by atoms with van der Waals surface area (Å²) < 4.78 is 14.9. The molecule has 0 aliphatic carbocycles. The number of aromatic nitrogens is 1. The average molecular weight is 360 g/mol. The fourth-order valence-corrected chi connectivity index (χ4v) is 2.13. The third-order valence-electron chi connectivity index (χ3n) is 2.17. The van der Waals surface area contributed by atoms with Crippen LogP contribution in [0.15, 0.2) is 45.6 Å². The monoisotopic (exact) mass is 358 g/mol. The van der Waals surface area contributed by atoms with Crippen LogP contribution in [0, 0.1) is 5.82 Å². The van der Waals surface area contributed by atoms with Gasteiger partial charge < -0.3 is 5.32 Å². The summed E-state index contributed by atoms with van der Waals surface area (Å²) in [6.07, 6.45) is 2.83. The molecule has 0 atom stereocenters. The van der Waals surface area contributed by atoms with E-state index < -0.39 is 0 Å². The van der Waals surface area contributed by atoms with Crippen molar-refractivity contribution in [1.82, 2.24) is 4.98 Å². The van der Waals surface area contributed by atoms with E-state index in [-0.39, 0.29) is 5.82 Å². The Hall–Kier alpha value is -0.940. The maximum Gasteiger partial charge on any atom is 0.141 e. The zero-order valence-corrected chi connectivity index (χ0v) is 11.9. The van der Waals surface area contributed by atoms with Crippen molar-refractivity contribution in [3.8, 4) is 0 Å². The maximum atomic E-state index is 12.9. The molecule has 0 saturated carbocycles. The molecule has 88 valence electrons. The van der Waals surface area contributed by atoms with Gasteiger partial charge in [0.05, 0.1) is 6.20 Å². The van der Waals surface area contributed by atoms with Crippen molar-refractivity contribution in [1.29, 1.82) is 0 Å². The summed E-state index contributed by atoms with van der Waals surface area (Å²) in [7, 11) is 0. The van der Waals surface area contributed by atoms with E-state index in [1.54, 1.807) is 6.20 Å². The minimum Gasteiger partial charge on any atom is -0.380 e. The number of anilines is 1. The molecule has 5 heteroatoms. The molecule has 0 unspecified atom stereocenters. The molecule has 2 rings (SSSR count). The first kappa shape index (κ1) is 12.5. The molecule has 0 fully saturated rings. The van der Waals surface area contributed by atoms with Gasteiger partial charge in [-0.25, -0.2) is 4.39 Å². The SMILES string of the molecule is Fc1cncc(CNc2cc(Br)ccc2Br)c1. The molecule has 1 aromatic carbocycles. The average Bonchev–Trinajstić information content (AvgIpc) is 2.30. The highest BCUT2D eigenvalue weighted by Gasteiger charge is 2.01. The topological polar surface area (TPSA) is 24.9 Å². The van der Waals surface area contributed by atoms with Crippen molar-refractivity contribution in [3.05, 3.63) is 57.0 Å². The minimum absolute atomic E-state index is 0.322. The van der Waals surface area contributed by atoms with Gasteiger partial charge in [-0.15, -0.1) is 0 Å². The van der Waals surface area contributed by atoms with E-state index in [2.05, 4.69) is 42.2 Å². The Morgan fingerprint density at radius 1 is 1.18 bits per heavy atom. The maximum absolute atomic E-state index is 12.9. The molecule has 0 aliphatic heterocycles. The Balaban J connectivity index is 2.09. The molecule has 2 aromatic rings. The van der Waals surface area contributed by atoms with Crippen LogP contribution in [0.4, 0.5) is 10.1 Å². The van der Waals surface area contributed by atoms with Crippen molar-refractivity contribution < 1.29 is 4.39 Å². The van der Waals surface area contributed by atoms with Gasteiger partial charge in [0.2, 0.25) is 0 Å². The fourth-order valence-electron chi connectivity index (χ4n) is 1.38. The van der Waals surface area contributed by atoms with Crippen molar-refractivity contribution >= 4 is 37.5 Å². The summed E-state index contributed by atoms with van der Waals surface area (Å²) in [5, 5.41) is 3.21. The van der Waals surface area contributed by atoms with Crippen LogP contribution in [0.3, 0.4) is 0 Å². The third-order valence-corrected chi connectivity index (χ3v) is 3.36. The van der Waals surface area contributed by atoms with Crippen LogP contribution in [0.1, 0.15) is 5.56 Å². The largest absolute Gasteiger partial charge is 0.380 e. The molecule has 0 amide bonds. The number of halogens is 3. The first-order valence-corrected chi connectivity index (χ1v) is 6.52. The Kier molecular flexibility index (Phi) is 4.12. The Labute approximate surface area is 116 Å². The van der Waals surface area contributed by atoms with Gasteiger partial charge in [-0.3, -0.25) is 4.98 Å². The van der Waals surface area contributed by atoms with Crippen molar-refractivity contribution in [2.24, 2.45) is 0 Å². The van der Waals surface area contributed by atoms with E-state index in [4.69, 9.17) is 0 Å². The number of hydrogen-bond acceptors (Lipinski definition) is 2. The number of nitrogens with zero attached hydrogens (tertiary/aromatic N) is 1. The summed E-state index contributed by atoms with van der Waals surface area (Å²) in [4.78, 5) is 3.80. The Bertz CT molecular complexity index is 532. The second kappa shape index (κ2) is 5.60. The molecule has 0 saturated heterocycles. The van der Waals surface area contributed by atoms with Crippen LogP contribution in [0.5, 0.6) is 0 Å². The number of rotatable bonds is 3. The lowest BCUT2D eigenvalue weighted by Crippen LogP contribution is -2.01. The predicted molar refractivity (Wildman–Crippen MR) is 73.4 cm³/mol. The summed E-state index contributed by atoms with van der Waals surface area (Å²) in [5.74, 6) is -0.322. The summed E-state index contributed by atoms with van der Waals surface area (Å²) in [6.45, 7) is 0.528. The van der Waals surface area contributed by atoms with Gasteiger partial charge in [0.25, 0.3) is 0 Å². The zero-order chi connectivity index (χ0) is 12.3. The van der Waals surface area contributed by atoms with E-state index in [9.17, 15) is 4.39 Å². The third kappa shape index (κ3) is 3.51. The summed E-state index contributed by atoms with van der Waals surface area (Å²) in [6, 6.07) is 7.30. The molecule has 0 spiro atoms. The van der Waals surface area contributed by atoms with Gasteiger partial charge >= 0.3 is 0 Å². The van der Waals surface area contributed by atoms with E-state index in [1.165, 1.54) is 12.3 Å². The van der Waals surface area contributed by atoms with E-state index in [0.29, 0.717) is 6.54 Å². The van der Waals surface area contributed by atoms with E-state index >= 15 is 0 Å². The van der Waals surface area contributed by atoms with Gasteiger partial charge in [0, 0.05) is 27.4 Å². The molecule has 1 aromatic heterocycles. The van der Waals surface area contributed by atoms with E-state index in [0.717, 1.165) is 20.2 Å². The molecule has 1 N–H and O–H groups in total. The standard InChI is InChI=1S/C12H9Br2FN2/c13-9-1-2-11(14)12(4-9)17-6-8-3-10(15)7-16-5-8/h1-5,7,17H,6H2. The number of hydrogen-bond donors (Lipinski definition) is 1. The van der Waals surface area contributed by atoms with Gasteiger partial charge in [-0.1, -0.05) is 15.9 Å². The van der Waals surface area contributed by atoms with Gasteiger partial charge in [0.1, 0.15) is 5.82 Å². The molecule has 0 radical (unpaired) electrons. The molecule has 0 aliphatic rings. The zero-order valence-electron chi connectivity index (χ0n) is 8.75. The molecule has 17 heavy (non-hydrogen) atoms. The van der Waals surface area contributed by atoms with Crippen LogP contribution in [-0.2, 0) is 6.54 Å². The lowest BCUT2D eigenvalue weighted by molar-refractivity contribution is 0.619. The number of benzene rings is 1. The minimum atomic E-state index is -0.322. The lowest BCUT2D eigenvalue weighted by Gasteiger charge is -2.09. The van der Waals surface area contributed by atoms with Gasteiger partial charge in [-0.05, 0) is 45.8 Å². The number of nitrogens with one attached hydrogen (secondary N) is 1. The van der Waals surface area contributed by atoms with E-state index in [1.807, 2.05) is 18.2 Å².